The highest BCUT2D eigenvalue weighted by molar-refractivity contribution is 6.33. The summed E-state index contributed by atoms with van der Waals surface area (Å²) in [5, 5.41) is 22.5. The van der Waals surface area contributed by atoms with Crippen molar-refractivity contribution < 1.29 is 14.8 Å². The van der Waals surface area contributed by atoms with Crippen molar-refractivity contribution >= 4 is 29.1 Å². The predicted molar refractivity (Wildman–Crippen MR) is 70.5 cm³/mol. The van der Waals surface area contributed by atoms with Gasteiger partial charge in [-0.05, 0) is 13.3 Å². The van der Waals surface area contributed by atoms with Crippen LogP contribution in [0.3, 0.4) is 0 Å². The van der Waals surface area contributed by atoms with Crippen LogP contribution in [-0.4, -0.2) is 26.5 Å². The first-order valence-corrected chi connectivity index (χ1v) is 5.99. The van der Waals surface area contributed by atoms with Gasteiger partial charge in [-0.3, -0.25) is 10.1 Å². The zero-order valence-electron chi connectivity index (χ0n) is 10.5. The Bertz CT molecular complexity index is 509. The molecule has 0 bridgehead atoms. The van der Waals surface area contributed by atoms with Gasteiger partial charge < -0.3 is 10.4 Å². The highest BCUT2D eigenvalue weighted by Crippen LogP contribution is 2.28. The van der Waals surface area contributed by atoms with E-state index in [0.717, 1.165) is 12.3 Å². The average molecular weight is 288 g/mol. The van der Waals surface area contributed by atoms with Gasteiger partial charge in [0, 0.05) is 6.07 Å². The molecule has 0 aliphatic carbocycles. The monoisotopic (exact) mass is 287 g/mol. The van der Waals surface area contributed by atoms with Gasteiger partial charge in [-0.25, -0.2) is 9.78 Å². The Morgan fingerprint density at radius 3 is 2.74 bits per heavy atom. The zero-order chi connectivity index (χ0) is 14.6. The number of rotatable bonds is 6. The molecule has 0 aromatic carbocycles. The van der Waals surface area contributed by atoms with Crippen LogP contribution in [0.2, 0.25) is 5.02 Å². The van der Waals surface area contributed by atoms with Crippen LogP contribution in [0.15, 0.2) is 12.3 Å². The van der Waals surface area contributed by atoms with Gasteiger partial charge in [-0.1, -0.05) is 24.9 Å². The van der Waals surface area contributed by atoms with Crippen molar-refractivity contribution in [3.8, 4) is 0 Å². The molecule has 0 aliphatic rings. The molecular formula is C11H14ClN3O4. The Morgan fingerprint density at radius 2 is 2.32 bits per heavy atom. The van der Waals surface area contributed by atoms with Crippen molar-refractivity contribution in [2.45, 2.75) is 32.2 Å². The van der Waals surface area contributed by atoms with Gasteiger partial charge in [0.2, 0.25) is 0 Å². The van der Waals surface area contributed by atoms with Crippen LogP contribution in [-0.2, 0) is 4.79 Å². The molecule has 104 valence electrons. The molecule has 0 radical (unpaired) electrons. The summed E-state index contributed by atoms with van der Waals surface area (Å²) in [7, 11) is 0. The van der Waals surface area contributed by atoms with Crippen LogP contribution in [0.25, 0.3) is 0 Å². The lowest BCUT2D eigenvalue weighted by molar-refractivity contribution is -0.385. The molecule has 1 rings (SSSR count). The maximum atomic E-state index is 11.3. The molecule has 1 aromatic rings. The molecule has 0 amide bonds. The van der Waals surface area contributed by atoms with Crippen LogP contribution in [0.5, 0.6) is 0 Å². The summed E-state index contributed by atoms with van der Waals surface area (Å²) in [4.78, 5) is 25.0. The quantitative estimate of drug-likeness (QED) is 0.615. The fourth-order valence-electron chi connectivity index (χ4n) is 1.60. The normalized spacial score (nSPS) is 13.6. The number of nitro groups is 1. The van der Waals surface area contributed by atoms with E-state index in [1.54, 1.807) is 0 Å². The minimum Gasteiger partial charge on any atom is -0.480 e. The van der Waals surface area contributed by atoms with Gasteiger partial charge in [0.25, 0.3) is 5.69 Å². The third-order valence-corrected chi connectivity index (χ3v) is 2.94. The molecule has 8 heteroatoms. The highest BCUT2D eigenvalue weighted by atomic mass is 35.5. The number of nitrogens with one attached hydrogen (secondary N) is 1. The van der Waals surface area contributed by atoms with E-state index in [1.807, 2.05) is 6.92 Å². The Balaban J connectivity index is 3.04. The maximum absolute atomic E-state index is 11.3. The second-order valence-electron chi connectivity index (χ2n) is 4.29. The molecule has 0 fully saturated rings. The molecule has 0 aliphatic heterocycles. The summed E-state index contributed by atoms with van der Waals surface area (Å²) in [6, 6.07) is 1.13. The standard InChI is InChI=1S/C11H14ClN3O4/c1-3-4-11(2,10(16)17)14-9-8(12)5-7(6-13-9)15(18)19/h5-6H,3-4H2,1-2H3,(H,13,14)(H,16,17). The molecule has 1 heterocycles. The molecule has 2 N–H and O–H groups in total. The molecule has 7 nitrogen and oxygen atoms in total. The van der Waals surface area contributed by atoms with E-state index in [-0.39, 0.29) is 16.5 Å². The molecule has 0 saturated heterocycles. The van der Waals surface area contributed by atoms with E-state index in [0.29, 0.717) is 12.8 Å². The number of carbonyl (C=O) groups is 1. The highest BCUT2D eigenvalue weighted by Gasteiger charge is 2.33. The smallest absolute Gasteiger partial charge is 0.329 e. The Kier molecular flexibility index (Phi) is 4.66. The fraction of sp³-hybridized carbons (Fsp3) is 0.455. The molecule has 19 heavy (non-hydrogen) atoms. The minimum absolute atomic E-state index is 0.0118. The third kappa shape index (κ3) is 3.54. The molecule has 1 unspecified atom stereocenters. The zero-order valence-corrected chi connectivity index (χ0v) is 11.3. The lowest BCUT2D eigenvalue weighted by Gasteiger charge is -2.26. The van der Waals surface area contributed by atoms with E-state index in [2.05, 4.69) is 10.3 Å². The van der Waals surface area contributed by atoms with E-state index >= 15 is 0 Å². The summed E-state index contributed by atoms with van der Waals surface area (Å²) in [5.41, 5.74) is -1.47. The molecule has 0 spiro atoms. The SMILES string of the molecule is CCCC(C)(Nc1ncc([N+](=O)[O-])cc1Cl)C(=O)O. The number of aromatic nitrogens is 1. The Hall–Kier alpha value is -1.89. The summed E-state index contributed by atoms with van der Waals surface area (Å²) < 4.78 is 0. The van der Waals surface area contributed by atoms with Gasteiger partial charge in [-0.15, -0.1) is 0 Å². The predicted octanol–water partition coefficient (Wildman–Crippen LogP) is 2.70. The number of halogens is 1. The van der Waals surface area contributed by atoms with E-state index in [4.69, 9.17) is 11.6 Å². The second kappa shape index (κ2) is 5.83. The van der Waals surface area contributed by atoms with Gasteiger partial charge in [0.05, 0.1) is 9.95 Å². The van der Waals surface area contributed by atoms with E-state index in [1.165, 1.54) is 6.92 Å². The van der Waals surface area contributed by atoms with Crippen molar-refractivity contribution in [3.63, 3.8) is 0 Å². The first-order valence-electron chi connectivity index (χ1n) is 5.61. The van der Waals surface area contributed by atoms with Crippen LogP contribution >= 0.6 is 11.6 Å². The van der Waals surface area contributed by atoms with Crippen LogP contribution < -0.4 is 5.32 Å². The average Bonchev–Trinajstić information content (AvgIpc) is 2.31. The Morgan fingerprint density at radius 1 is 1.68 bits per heavy atom. The van der Waals surface area contributed by atoms with Crippen molar-refractivity contribution in [2.24, 2.45) is 0 Å². The topological polar surface area (TPSA) is 105 Å². The lowest BCUT2D eigenvalue weighted by Crippen LogP contribution is -2.43. The number of hydrogen-bond donors (Lipinski definition) is 2. The number of carboxylic acid groups (broad SMARTS) is 1. The number of pyridine rings is 1. The van der Waals surface area contributed by atoms with E-state index < -0.39 is 16.4 Å². The molecule has 1 atom stereocenters. The van der Waals surface area contributed by atoms with Crippen molar-refractivity contribution in [1.82, 2.24) is 4.98 Å². The summed E-state index contributed by atoms with van der Waals surface area (Å²) >= 11 is 5.86. The third-order valence-electron chi connectivity index (χ3n) is 2.65. The van der Waals surface area contributed by atoms with Gasteiger partial charge in [-0.2, -0.15) is 0 Å². The van der Waals surface area contributed by atoms with Crippen molar-refractivity contribution in [1.29, 1.82) is 0 Å². The van der Waals surface area contributed by atoms with Gasteiger partial charge >= 0.3 is 5.97 Å². The lowest BCUT2D eigenvalue weighted by atomic mass is 9.96. The van der Waals surface area contributed by atoms with Crippen LogP contribution in [0, 0.1) is 10.1 Å². The minimum atomic E-state index is -1.22. The van der Waals surface area contributed by atoms with E-state index in [9.17, 15) is 20.0 Å². The fourth-order valence-corrected chi connectivity index (χ4v) is 1.81. The number of hydrogen-bond acceptors (Lipinski definition) is 5. The Labute approximate surface area is 114 Å². The largest absolute Gasteiger partial charge is 0.480 e. The van der Waals surface area contributed by atoms with Crippen LogP contribution in [0.1, 0.15) is 26.7 Å². The van der Waals surface area contributed by atoms with Gasteiger partial charge in [0.15, 0.2) is 0 Å². The van der Waals surface area contributed by atoms with Gasteiger partial charge in [0.1, 0.15) is 17.6 Å². The summed E-state index contributed by atoms with van der Waals surface area (Å²) in [6.45, 7) is 3.37. The molecule has 0 saturated carbocycles. The summed E-state index contributed by atoms with van der Waals surface area (Å²) in [6.07, 6.45) is 2.06. The first kappa shape index (κ1) is 15.2. The number of aliphatic carboxylic acids is 1. The van der Waals surface area contributed by atoms with Crippen molar-refractivity contribution in [2.75, 3.05) is 5.32 Å². The second-order valence-corrected chi connectivity index (χ2v) is 4.70. The molecule has 1 aromatic heterocycles. The van der Waals surface area contributed by atoms with Crippen molar-refractivity contribution in [3.05, 3.63) is 27.4 Å². The number of nitrogens with zero attached hydrogens (tertiary/aromatic N) is 2. The molecular weight excluding hydrogens is 274 g/mol. The first-order chi connectivity index (χ1) is 8.80. The number of carboxylic acids is 1. The maximum Gasteiger partial charge on any atom is 0.329 e. The number of anilines is 1. The van der Waals surface area contributed by atoms with Crippen LogP contribution in [0.4, 0.5) is 11.5 Å². The summed E-state index contributed by atoms with van der Waals surface area (Å²) in [5.74, 6) is -0.920.